The molecule has 0 saturated carbocycles. The highest BCUT2D eigenvalue weighted by atomic mass is 15.0. The van der Waals surface area contributed by atoms with E-state index < -0.39 is 0 Å². The fraction of sp³-hybridized carbons (Fsp3) is 0.0317. The van der Waals surface area contributed by atoms with Crippen molar-refractivity contribution in [2.45, 2.75) is 11.8 Å². The summed E-state index contributed by atoms with van der Waals surface area (Å²) in [6, 6.07) is 67.0. The Morgan fingerprint density at radius 3 is 1.79 bits per heavy atom. The van der Waals surface area contributed by atoms with Crippen LogP contribution in [0.5, 0.6) is 0 Å². The first-order chi connectivity index (χ1) is 33.6. The lowest BCUT2D eigenvalue weighted by molar-refractivity contribution is 0.720. The van der Waals surface area contributed by atoms with Gasteiger partial charge in [-0.2, -0.15) is 0 Å². The molecule has 13 rings (SSSR count). The predicted molar refractivity (Wildman–Crippen MR) is 283 cm³/mol. The Balaban J connectivity index is 0.908. The van der Waals surface area contributed by atoms with Crippen LogP contribution in [0.1, 0.15) is 28.8 Å². The molecule has 0 bridgehead atoms. The number of aromatic nitrogens is 5. The van der Waals surface area contributed by atoms with Crippen LogP contribution in [-0.2, 0) is 0 Å². The fourth-order valence-electron chi connectivity index (χ4n) is 10.6. The van der Waals surface area contributed by atoms with Crippen molar-refractivity contribution >= 4 is 55.4 Å². The standard InChI is InChI=1S/C63H43N5/c1-41(67-57-29-15-13-27-52(57)55-38-43(33-36-59(55)67)42-19-4-2-5-20-42)18-8-17-31-61-64-62(44-32-35-51-49-25-10-9-23-47(49)48-24-11-12-26-50(48)54(51)39-44)66-63(65-61)45-34-37-60-56(40-45)53-28-14-16-30-58(53)68(60)46-21-6-3-7-22-46/h2-40,47,49H,1H2/b18-8-,31-17+. The molecule has 2 aliphatic rings. The van der Waals surface area contributed by atoms with Gasteiger partial charge in [0.25, 0.3) is 0 Å². The van der Waals surface area contributed by atoms with E-state index in [-0.39, 0.29) is 5.92 Å². The van der Waals surface area contributed by atoms with Crippen molar-refractivity contribution in [2.75, 3.05) is 0 Å². The molecule has 0 spiro atoms. The van der Waals surface area contributed by atoms with Crippen LogP contribution in [0.2, 0.25) is 0 Å². The maximum Gasteiger partial charge on any atom is 0.164 e. The van der Waals surface area contributed by atoms with Gasteiger partial charge < -0.3 is 9.13 Å². The molecule has 11 aromatic rings. The van der Waals surface area contributed by atoms with E-state index in [1.165, 1.54) is 49.5 Å². The number of allylic oxidation sites excluding steroid dienone is 8. The van der Waals surface area contributed by atoms with Crippen molar-refractivity contribution < 1.29 is 0 Å². The van der Waals surface area contributed by atoms with E-state index >= 15 is 0 Å². The molecule has 5 nitrogen and oxygen atoms in total. The zero-order valence-electron chi connectivity index (χ0n) is 37.1. The second-order valence-electron chi connectivity index (χ2n) is 17.6. The van der Waals surface area contributed by atoms with Crippen LogP contribution in [0.25, 0.3) is 106 Å². The Hall–Kier alpha value is -8.93. The fourth-order valence-corrected chi connectivity index (χ4v) is 10.6. The van der Waals surface area contributed by atoms with Crippen molar-refractivity contribution in [3.8, 4) is 50.7 Å². The first-order valence-electron chi connectivity index (χ1n) is 23.2. The minimum absolute atomic E-state index is 0.270. The first-order valence-corrected chi connectivity index (χ1v) is 23.2. The normalized spacial score (nSPS) is 15.2. The van der Waals surface area contributed by atoms with Crippen molar-refractivity contribution in [3.05, 3.63) is 254 Å². The number of benzene rings is 8. The molecule has 8 aromatic carbocycles. The van der Waals surface area contributed by atoms with Gasteiger partial charge in [0.05, 0.1) is 22.1 Å². The van der Waals surface area contributed by atoms with Crippen molar-refractivity contribution in [1.29, 1.82) is 0 Å². The highest BCUT2D eigenvalue weighted by Gasteiger charge is 2.32. The largest absolute Gasteiger partial charge is 0.310 e. The van der Waals surface area contributed by atoms with Gasteiger partial charge in [0, 0.05) is 55.9 Å². The second kappa shape index (κ2) is 16.2. The van der Waals surface area contributed by atoms with E-state index in [2.05, 4.69) is 234 Å². The monoisotopic (exact) mass is 869 g/mol. The molecule has 0 saturated heterocycles. The maximum atomic E-state index is 5.26. The number of rotatable bonds is 8. The Kier molecular flexibility index (Phi) is 9.39. The minimum Gasteiger partial charge on any atom is -0.310 e. The van der Waals surface area contributed by atoms with Gasteiger partial charge in [-0.1, -0.05) is 170 Å². The molecular formula is C63H43N5. The highest BCUT2D eigenvalue weighted by molar-refractivity contribution is 6.12. The SMILES string of the molecule is C=C(/C=C\C=C\c1nc(-c2ccc3c(c2)-c2ccccc2C2C=CC=CC32)nc(-c2ccc3c(c2)c2ccccc2n3-c2ccccc2)n1)n1c2ccccc2c2cc(-c3ccccc3)ccc21. The summed E-state index contributed by atoms with van der Waals surface area (Å²) in [6.45, 7) is 4.57. The molecule has 0 fully saturated rings. The van der Waals surface area contributed by atoms with E-state index in [4.69, 9.17) is 15.0 Å². The quantitative estimate of drug-likeness (QED) is 0.143. The number of nitrogens with zero attached hydrogens (tertiary/aromatic N) is 5. The van der Waals surface area contributed by atoms with Crippen LogP contribution in [0.15, 0.2) is 237 Å². The lowest BCUT2D eigenvalue weighted by atomic mass is 9.70. The van der Waals surface area contributed by atoms with E-state index in [1.54, 1.807) is 0 Å². The van der Waals surface area contributed by atoms with Crippen molar-refractivity contribution in [2.24, 2.45) is 0 Å². The number of para-hydroxylation sites is 3. The van der Waals surface area contributed by atoms with E-state index in [0.717, 1.165) is 50.0 Å². The van der Waals surface area contributed by atoms with Gasteiger partial charge in [0.1, 0.15) is 0 Å². The van der Waals surface area contributed by atoms with Gasteiger partial charge in [-0.15, -0.1) is 0 Å². The van der Waals surface area contributed by atoms with E-state index in [0.29, 0.717) is 23.4 Å². The van der Waals surface area contributed by atoms with Crippen molar-refractivity contribution in [3.63, 3.8) is 0 Å². The molecule has 2 aliphatic carbocycles. The summed E-state index contributed by atoms with van der Waals surface area (Å²) in [6.07, 6.45) is 17.0. The zero-order chi connectivity index (χ0) is 45.1. The van der Waals surface area contributed by atoms with E-state index in [9.17, 15) is 0 Å². The first kappa shape index (κ1) is 39.4. The summed E-state index contributed by atoms with van der Waals surface area (Å²) in [5, 5.41) is 4.69. The average molecular weight is 870 g/mol. The third kappa shape index (κ3) is 6.58. The summed E-state index contributed by atoms with van der Waals surface area (Å²) < 4.78 is 4.57. The molecule has 5 heteroatoms. The van der Waals surface area contributed by atoms with E-state index in [1.807, 2.05) is 18.2 Å². The Morgan fingerprint density at radius 2 is 1.00 bits per heavy atom. The summed E-state index contributed by atoms with van der Waals surface area (Å²) in [7, 11) is 0. The Bertz CT molecular complexity index is 3940. The van der Waals surface area contributed by atoms with Crippen LogP contribution in [0.4, 0.5) is 0 Å². The van der Waals surface area contributed by atoms with Crippen molar-refractivity contribution in [1.82, 2.24) is 24.1 Å². The molecule has 3 heterocycles. The highest BCUT2D eigenvalue weighted by Crippen LogP contribution is 2.50. The van der Waals surface area contributed by atoms with Crippen LogP contribution in [0.3, 0.4) is 0 Å². The molecule has 2 atom stereocenters. The Labute approximate surface area is 394 Å². The lowest BCUT2D eigenvalue weighted by Crippen LogP contribution is -2.16. The van der Waals surface area contributed by atoms with Crippen LogP contribution < -0.4 is 0 Å². The summed E-state index contributed by atoms with van der Waals surface area (Å²) in [5.41, 5.74) is 15.8. The third-order valence-corrected chi connectivity index (χ3v) is 13.7. The van der Waals surface area contributed by atoms with Gasteiger partial charge in [0.2, 0.25) is 0 Å². The predicted octanol–water partition coefficient (Wildman–Crippen LogP) is 15.8. The summed E-state index contributed by atoms with van der Waals surface area (Å²) in [5.74, 6) is 2.38. The molecule has 320 valence electrons. The molecular weight excluding hydrogens is 827 g/mol. The molecule has 68 heavy (non-hydrogen) atoms. The molecule has 0 amide bonds. The van der Waals surface area contributed by atoms with Gasteiger partial charge in [-0.3, -0.25) is 0 Å². The van der Waals surface area contributed by atoms with Gasteiger partial charge >= 0.3 is 0 Å². The van der Waals surface area contributed by atoms with Gasteiger partial charge in [0.15, 0.2) is 17.5 Å². The van der Waals surface area contributed by atoms with Gasteiger partial charge in [-0.05, 0) is 106 Å². The molecule has 0 N–H and O–H groups in total. The number of fused-ring (bicyclic) bond motifs is 12. The lowest BCUT2D eigenvalue weighted by Gasteiger charge is -2.34. The summed E-state index contributed by atoms with van der Waals surface area (Å²) >= 11 is 0. The Morgan fingerprint density at radius 1 is 0.441 bits per heavy atom. The van der Waals surface area contributed by atoms with Crippen LogP contribution >= 0.6 is 0 Å². The number of hydrogen-bond donors (Lipinski definition) is 0. The average Bonchev–Trinajstić information content (AvgIpc) is 3.92. The van der Waals surface area contributed by atoms with Gasteiger partial charge in [-0.25, -0.2) is 15.0 Å². The molecule has 3 aromatic heterocycles. The summed E-state index contributed by atoms with van der Waals surface area (Å²) in [4.78, 5) is 15.6. The topological polar surface area (TPSA) is 48.5 Å². The third-order valence-electron chi connectivity index (χ3n) is 13.7. The minimum atomic E-state index is 0.270. The van der Waals surface area contributed by atoms with Crippen LogP contribution in [-0.4, -0.2) is 24.1 Å². The molecule has 0 radical (unpaired) electrons. The molecule has 0 aliphatic heterocycles. The zero-order valence-corrected chi connectivity index (χ0v) is 37.1. The smallest absolute Gasteiger partial charge is 0.164 e. The maximum absolute atomic E-state index is 5.26. The second-order valence-corrected chi connectivity index (χ2v) is 17.6. The van der Waals surface area contributed by atoms with Crippen LogP contribution in [0, 0.1) is 0 Å². The number of hydrogen-bond acceptors (Lipinski definition) is 3. The molecule has 2 unspecified atom stereocenters.